The predicted octanol–water partition coefficient (Wildman–Crippen LogP) is 3.57. The molecule has 114 valence electrons. The predicted molar refractivity (Wildman–Crippen MR) is 88.4 cm³/mol. The highest BCUT2D eigenvalue weighted by Crippen LogP contribution is 2.25. The van der Waals surface area contributed by atoms with Gasteiger partial charge in [-0.15, -0.1) is 11.3 Å². The number of hydrogen-bond donors (Lipinski definition) is 1. The Hall–Kier alpha value is -1.17. The number of sulfonamides is 1. The SMILES string of the molecule is CCc1ccc(S(=O)(=O)NCC(C)(C)c2ccccc2)s1. The summed E-state index contributed by atoms with van der Waals surface area (Å²) in [5.74, 6) is 0. The van der Waals surface area contributed by atoms with E-state index in [0.717, 1.165) is 16.9 Å². The van der Waals surface area contributed by atoms with E-state index in [4.69, 9.17) is 0 Å². The van der Waals surface area contributed by atoms with Gasteiger partial charge in [0.1, 0.15) is 4.21 Å². The molecule has 0 saturated heterocycles. The number of benzene rings is 1. The molecule has 0 spiro atoms. The second-order valence-corrected chi connectivity index (χ2v) is 8.81. The van der Waals surface area contributed by atoms with Crippen LogP contribution in [0.5, 0.6) is 0 Å². The van der Waals surface area contributed by atoms with Crippen LogP contribution in [0.2, 0.25) is 0 Å². The third-order valence-electron chi connectivity index (χ3n) is 3.51. The van der Waals surface area contributed by atoms with E-state index in [1.54, 1.807) is 6.07 Å². The Morgan fingerprint density at radius 1 is 1.10 bits per heavy atom. The summed E-state index contributed by atoms with van der Waals surface area (Å²) < 4.78 is 27.8. The van der Waals surface area contributed by atoms with E-state index in [9.17, 15) is 8.42 Å². The van der Waals surface area contributed by atoms with Crippen molar-refractivity contribution in [2.24, 2.45) is 0 Å². The first-order valence-corrected chi connectivity index (χ1v) is 9.29. The first-order valence-electron chi connectivity index (χ1n) is 6.99. The number of nitrogens with one attached hydrogen (secondary N) is 1. The van der Waals surface area contributed by atoms with Crippen LogP contribution in [0.25, 0.3) is 0 Å². The molecule has 0 aliphatic carbocycles. The Bertz CT molecular complexity index is 688. The van der Waals surface area contributed by atoms with Crippen molar-refractivity contribution in [3.05, 3.63) is 52.9 Å². The first kappa shape index (κ1) is 16.2. The lowest BCUT2D eigenvalue weighted by Crippen LogP contribution is -2.36. The second-order valence-electron chi connectivity index (χ2n) is 5.65. The van der Waals surface area contributed by atoms with Gasteiger partial charge in [0.05, 0.1) is 0 Å². The quantitative estimate of drug-likeness (QED) is 0.883. The van der Waals surface area contributed by atoms with E-state index in [1.807, 2.05) is 57.2 Å². The lowest BCUT2D eigenvalue weighted by atomic mass is 9.85. The topological polar surface area (TPSA) is 46.2 Å². The van der Waals surface area contributed by atoms with Crippen molar-refractivity contribution >= 4 is 21.4 Å². The molecule has 0 bridgehead atoms. The Balaban J connectivity index is 2.11. The lowest BCUT2D eigenvalue weighted by molar-refractivity contribution is 0.502. The van der Waals surface area contributed by atoms with E-state index in [-0.39, 0.29) is 5.41 Å². The van der Waals surface area contributed by atoms with E-state index in [1.165, 1.54) is 11.3 Å². The third-order valence-corrected chi connectivity index (χ3v) is 6.63. The normalized spacial score (nSPS) is 12.5. The van der Waals surface area contributed by atoms with Gasteiger partial charge >= 0.3 is 0 Å². The van der Waals surface area contributed by atoms with Gasteiger partial charge < -0.3 is 0 Å². The van der Waals surface area contributed by atoms with Gasteiger partial charge in [0.25, 0.3) is 0 Å². The van der Waals surface area contributed by atoms with Crippen molar-refractivity contribution in [3.8, 4) is 0 Å². The molecule has 0 saturated carbocycles. The van der Waals surface area contributed by atoms with Crippen LogP contribution in [0, 0.1) is 0 Å². The zero-order valence-corrected chi connectivity index (χ0v) is 14.2. The first-order chi connectivity index (χ1) is 9.85. The molecule has 1 aromatic heterocycles. The van der Waals surface area contributed by atoms with Crippen molar-refractivity contribution in [1.82, 2.24) is 4.72 Å². The molecule has 0 amide bonds. The number of hydrogen-bond acceptors (Lipinski definition) is 3. The van der Waals surface area contributed by atoms with Crippen LogP contribution < -0.4 is 4.72 Å². The van der Waals surface area contributed by atoms with Crippen molar-refractivity contribution in [3.63, 3.8) is 0 Å². The highest BCUT2D eigenvalue weighted by atomic mass is 32.2. The smallest absolute Gasteiger partial charge is 0.210 e. The molecule has 5 heteroatoms. The molecule has 3 nitrogen and oxygen atoms in total. The van der Waals surface area contributed by atoms with E-state index >= 15 is 0 Å². The summed E-state index contributed by atoms with van der Waals surface area (Å²) in [6.07, 6.45) is 0.857. The van der Waals surface area contributed by atoms with Gasteiger partial charge in [-0.3, -0.25) is 0 Å². The minimum Gasteiger partial charge on any atom is -0.210 e. The van der Waals surface area contributed by atoms with E-state index in [0.29, 0.717) is 10.8 Å². The second kappa shape index (κ2) is 6.30. The van der Waals surface area contributed by atoms with Gasteiger partial charge in [-0.25, -0.2) is 13.1 Å². The average Bonchev–Trinajstić information content (AvgIpc) is 2.96. The minimum absolute atomic E-state index is 0.251. The molecular weight excluding hydrogens is 302 g/mol. The zero-order chi connectivity index (χ0) is 15.5. The van der Waals surface area contributed by atoms with Crippen LogP contribution in [0.3, 0.4) is 0 Å². The van der Waals surface area contributed by atoms with Crippen LogP contribution in [0.15, 0.2) is 46.7 Å². The Kier molecular flexibility index (Phi) is 4.86. The van der Waals surface area contributed by atoms with Crippen molar-refractivity contribution in [2.45, 2.75) is 36.8 Å². The third kappa shape index (κ3) is 3.93. The molecular formula is C16H21NO2S2. The standard InChI is InChI=1S/C16H21NO2S2/c1-4-14-10-11-15(20-14)21(18,19)17-12-16(2,3)13-8-6-5-7-9-13/h5-11,17H,4,12H2,1-3H3. The average molecular weight is 323 g/mol. The van der Waals surface area contributed by atoms with Crippen LogP contribution in [0.4, 0.5) is 0 Å². The maximum absolute atomic E-state index is 12.3. The maximum Gasteiger partial charge on any atom is 0.250 e. The number of aryl methyl sites for hydroxylation is 1. The van der Waals surface area contributed by atoms with E-state index in [2.05, 4.69) is 4.72 Å². The van der Waals surface area contributed by atoms with Gasteiger partial charge in [-0.2, -0.15) is 0 Å². The molecule has 0 atom stereocenters. The maximum atomic E-state index is 12.3. The fourth-order valence-corrected chi connectivity index (χ4v) is 4.58. The summed E-state index contributed by atoms with van der Waals surface area (Å²) in [5.41, 5.74) is 0.868. The molecule has 1 aromatic carbocycles. The van der Waals surface area contributed by atoms with Crippen molar-refractivity contribution in [2.75, 3.05) is 6.54 Å². The monoisotopic (exact) mass is 323 g/mol. The fraction of sp³-hybridized carbons (Fsp3) is 0.375. The molecule has 0 aliphatic rings. The summed E-state index contributed by atoms with van der Waals surface area (Å²) in [4.78, 5) is 1.08. The van der Waals surface area contributed by atoms with Gasteiger partial charge in [-0.1, -0.05) is 51.1 Å². The number of thiophene rings is 1. The van der Waals surface area contributed by atoms with Crippen LogP contribution in [0.1, 0.15) is 31.2 Å². The van der Waals surface area contributed by atoms with Gasteiger partial charge in [0, 0.05) is 16.8 Å². The minimum atomic E-state index is -3.42. The highest BCUT2D eigenvalue weighted by Gasteiger charge is 2.24. The summed E-state index contributed by atoms with van der Waals surface area (Å²) in [7, 11) is -3.42. The van der Waals surface area contributed by atoms with Crippen LogP contribution in [-0.4, -0.2) is 15.0 Å². The van der Waals surface area contributed by atoms with Crippen molar-refractivity contribution in [1.29, 1.82) is 0 Å². The molecule has 0 radical (unpaired) electrons. The Morgan fingerprint density at radius 2 is 1.76 bits per heavy atom. The Morgan fingerprint density at radius 3 is 2.33 bits per heavy atom. The summed E-state index contributed by atoms with van der Waals surface area (Å²) >= 11 is 1.34. The molecule has 2 aromatic rings. The summed E-state index contributed by atoms with van der Waals surface area (Å²) in [5, 5.41) is 0. The Labute approximate surface area is 131 Å². The molecule has 0 aliphatic heterocycles. The molecule has 1 heterocycles. The molecule has 0 fully saturated rings. The molecule has 0 unspecified atom stereocenters. The highest BCUT2D eigenvalue weighted by molar-refractivity contribution is 7.91. The van der Waals surface area contributed by atoms with Crippen molar-refractivity contribution < 1.29 is 8.42 Å². The van der Waals surface area contributed by atoms with E-state index < -0.39 is 10.0 Å². The van der Waals surface area contributed by atoms with Gasteiger partial charge in [0.2, 0.25) is 10.0 Å². The van der Waals surface area contributed by atoms with Crippen LogP contribution in [-0.2, 0) is 21.9 Å². The van der Waals surface area contributed by atoms with Crippen LogP contribution >= 0.6 is 11.3 Å². The fourth-order valence-electron chi connectivity index (χ4n) is 2.03. The zero-order valence-electron chi connectivity index (χ0n) is 12.6. The number of rotatable bonds is 6. The summed E-state index contributed by atoms with van der Waals surface area (Å²) in [6, 6.07) is 13.5. The lowest BCUT2D eigenvalue weighted by Gasteiger charge is -2.25. The summed E-state index contributed by atoms with van der Waals surface area (Å²) in [6.45, 7) is 6.47. The molecule has 1 N–H and O–H groups in total. The molecule has 21 heavy (non-hydrogen) atoms. The molecule has 2 rings (SSSR count). The van der Waals surface area contributed by atoms with Gasteiger partial charge in [-0.05, 0) is 24.1 Å². The largest absolute Gasteiger partial charge is 0.250 e. The van der Waals surface area contributed by atoms with Gasteiger partial charge in [0.15, 0.2) is 0 Å².